The van der Waals surface area contributed by atoms with Gasteiger partial charge < -0.3 is 14.3 Å². The van der Waals surface area contributed by atoms with Gasteiger partial charge in [-0.3, -0.25) is 0 Å². The van der Waals surface area contributed by atoms with Gasteiger partial charge in [0.15, 0.2) is 0 Å². The second-order valence-electron chi connectivity index (χ2n) is 6.57. The lowest BCUT2D eigenvalue weighted by Crippen LogP contribution is -2.11. The number of rotatable bonds is 13. The van der Waals surface area contributed by atoms with E-state index in [1.165, 1.54) is 0 Å². The summed E-state index contributed by atoms with van der Waals surface area (Å²) in [6.45, 7) is 3.68. The molecule has 0 aliphatic carbocycles. The summed E-state index contributed by atoms with van der Waals surface area (Å²) < 4.78 is 74.2. The van der Waals surface area contributed by atoms with Crippen LogP contribution < -0.4 is 9.47 Å². The smallest absolute Gasteiger partial charge is 0.420 e. The monoisotopic (exact) mass is 457 g/mol. The Labute approximate surface area is 177 Å². The first-order chi connectivity index (χ1) is 14.1. The van der Waals surface area contributed by atoms with Gasteiger partial charge in [-0.15, -0.1) is 0 Å². The molecule has 0 unspecified atom stereocenters. The van der Waals surface area contributed by atoms with Crippen LogP contribution >= 0.6 is 11.6 Å². The molecule has 10 heteroatoms. The van der Waals surface area contributed by atoms with Gasteiger partial charge in [0.05, 0.1) is 17.3 Å². The third-order valence-corrected chi connectivity index (χ3v) is 3.96. The molecule has 0 saturated heterocycles. The fourth-order valence-corrected chi connectivity index (χ4v) is 2.62. The van der Waals surface area contributed by atoms with Crippen LogP contribution in [0.1, 0.15) is 51.5 Å². The molecule has 1 rings (SSSR count). The van der Waals surface area contributed by atoms with Crippen LogP contribution in [0.25, 0.3) is 0 Å². The van der Waals surface area contributed by atoms with Crippen molar-refractivity contribution in [3.05, 3.63) is 34.9 Å². The lowest BCUT2D eigenvalue weighted by atomic mass is 10.1. The Morgan fingerprint density at radius 3 is 2.23 bits per heavy atom. The Morgan fingerprint density at radius 1 is 1.00 bits per heavy atom. The van der Waals surface area contributed by atoms with Gasteiger partial charge in [0, 0.05) is 12.1 Å². The van der Waals surface area contributed by atoms with E-state index in [9.17, 15) is 22.0 Å². The number of unbranched alkanes of at least 4 members (excludes halogenated alkanes) is 4. The van der Waals surface area contributed by atoms with Crippen molar-refractivity contribution < 1.29 is 36.3 Å². The minimum atomic E-state index is -4.74. The highest BCUT2D eigenvalue weighted by Gasteiger charge is 2.36. The average Bonchev–Trinajstić information content (AvgIpc) is 2.62. The number of halogens is 6. The normalized spacial score (nSPS) is 11.1. The summed E-state index contributed by atoms with van der Waals surface area (Å²) in [5.74, 6) is -0.771. The van der Waals surface area contributed by atoms with Crippen molar-refractivity contribution in [2.75, 3.05) is 19.8 Å². The van der Waals surface area contributed by atoms with Crippen molar-refractivity contribution in [3.63, 3.8) is 0 Å². The van der Waals surface area contributed by atoms with E-state index in [1.54, 1.807) is 0 Å². The highest BCUT2D eigenvalue weighted by Crippen LogP contribution is 2.43. The number of hydrogen-bond acceptors (Lipinski definition) is 4. The first kappa shape index (κ1) is 26.0. The maximum Gasteiger partial charge on any atom is 0.420 e. The largest absolute Gasteiger partial charge is 0.491 e. The molecular weight excluding hydrogens is 433 g/mol. The summed E-state index contributed by atoms with van der Waals surface area (Å²) in [4.78, 5) is 5.08. The van der Waals surface area contributed by atoms with Crippen molar-refractivity contribution in [1.29, 1.82) is 0 Å². The zero-order valence-electron chi connectivity index (χ0n) is 16.8. The maximum atomic E-state index is 13.3. The van der Waals surface area contributed by atoms with Crippen molar-refractivity contribution >= 4 is 17.3 Å². The van der Waals surface area contributed by atoms with Gasteiger partial charge >= 0.3 is 6.18 Å². The number of oxime groups is 1. The Balaban J connectivity index is 2.52. The highest BCUT2D eigenvalue weighted by molar-refractivity contribution is 6.32. The first-order valence-electron chi connectivity index (χ1n) is 9.42. The zero-order valence-corrected chi connectivity index (χ0v) is 17.6. The van der Waals surface area contributed by atoms with Gasteiger partial charge in [-0.2, -0.15) is 22.0 Å². The van der Waals surface area contributed by atoms with E-state index >= 15 is 0 Å². The van der Waals surface area contributed by atoms with Crippen LogP contribution in [0.4, 0.5) is 22.0 Å². The van der Waals surface area contributed by atoms with E-state index in [0.717, 1.165) is 37.5 Å². The summed E-state index contributed by atoms with van der Waals surface area (Å²) in [5, 5.41) is 3.52. The Morgan fingerprint density at radius 2 is 1.63 bits per heavy atom. The predicted octanol–water partition coefficient (Wildman–Crippen LogP) is 7.26. The van der Waals surface area contributed by atoms with E-state index in [2.05, 4.69) is 5.16 Å². The fraction of sp³-hybridized carbons (Fsp3) is 0.550. The van der Waals surface area contributed by atoms with E-state index in [0.29, 0.717) is 25.2 Å². The van der Waals surface area contributed by atoms with Crippen molar-refractivity contribution in [2.24, 2.45) is 5.16 Å². The van der Waals surface area contributed by atoms with Crippen molar-refractivity contribution in [2.45, 2.75) is 52.1 Å². The minimum Gasteiger partial charge on any atom is -0.491 e. The van der Waals surface area contributed by atoms with Gasteiger partial charge in [0.2, 0.25) is 0 Å². The second kappa shape index (κ2) is 13.3. The molecule has 1 aromatic rings. The Kier molecular flexibility index (Phi) is 11.5. The van der Waals surface area contributed by atoms with Gasteiger partial charge in [-0.25, -0.2) is 0 Å². The third-order valence-electron chi connectivity index (χ3n) is 3.68. The summed E-state index contributed by atoms with van der Waals surface area (Å²) in [6, 6.07) is 1.79. The molecule has 0 aromatic heterocycles. The first-order valence-corrected chi connectivity index (χ1v) is 9.79. The van der Waals surface area contributed by atoms with E-state index < -0.39 is 30.2 Å². The van der Waals surface area contributed by atoms with E-state index in [1.807, 2.05) is 13.8 Å². The summed E-state index contributed by atoms with van der Waals surface area (Å²) in [7, 11) is 0. The Hall–Kier alpha value is -2.03. The molecule has 0 N–H and O–H groups in total. The molecule has 0 saturated carbocycles. The quantitative estimate of drug-likeness (QED) is 0.135. The summed E-state index contributed by atoms with van der Waals surface area (Å²) >= 11 is 5.92. The minimum absolute atomic E-state index is 0.0641. The van der Waals surface area contributed by atoms with Crippen LogP contribution in [0.5, 0.6) is 11.5 Å². The molecule has 0 radical (unpaired) electrons. The Bertz CT molecular complexity index is 715. The van der Waals surface area contributed by atoms with Gasteiger partial charge in [-0.05, 0) is 39.2 Å². The molecule has 0 spiro atoms. The molecule has 0 bridgehead atoms. The molecular formula is C20H25ClF5NO3. The van der Waals surface area contributed by atoms with E-state index in [4.69, 9.17) is 25.9 Å². The van der Waals surface area contributed by atoms with Crippen LogP contribution in [-0.4, -0.2) is 25.5 Å². The standard InChI is InChI=1S/C20H25ClF5NO3/c1-14(2)27-30-10-7-5-3-4-6-9-29-19-16(20(24,25)26)12-15(13-17(19)21)28-11-8-18(22)23/h8,12-13H,3-7,9-11H2,1-2H3. The van der Waals surface area contributed by atoms with Crippen molar-refractivity contribution in [1.82, 2.24) is 0 Å². The van der Waals surface area contributed by atoms with E-state index in [-0.39, 0.29) is 17.4 Å². The number of hydrogen-bond donors (Lipinski definition) is 0. The topological polar surface area (TPSA) is 40.0 Å². The van der Waals surface area contributed by atoms with Crippen molar-refractivity contribution in [3.8, 4) is 11.5 Å². The molecule has 1 aromatic carbocycles. The lowest BCUT2D eigenvalue weighted by molar-refractivity contribution is -0.139. The van der Waals surface area contributed by atoms with Gasteiger partial charge in [0.1, 0.15) is 30.3 Å². The second-order valence-corrected chi connectivity index (χ2v) is 6.98. The van der Waals surface area contributed by atoms with Crippen LogP contribution in [0, 0.1) is 0 Å². The zero-order chi connectivity index (χ0) is 22.6. The van der Waals surface area contributed by atoms with Gasteiger partial charge in [0.25, 0.3) is 6.08 Å². The number of nitrogens with zero attached hydrogens (tertiary/aromatic N) is 1. The fourth-order valence-electron chi connectivity index (χ4n) is 2.36. The molecule has 30 heavy (non-hydrogen) atoms. The number of alkyl halides is 3. The highest BCUT2D eigenvalue weighted by atomic mass is 35.5. The molecule has 0 atom stereocenters. The lowest BCUT2D eigenvalue weighted by Gasteiger charge is -2.17. The molecule has 170 valence electrons. The average molecular weight is 458 g/mol. The number of benzene rings is 1. The van der Waals surface area contributed by atoms with Gasteiger partial charge in [-0.1, -0.05) is 29.6 Å². The van der Waals surface area contributed by atoms with Crippen LogP contribution in [0.3, 0.4) is 0 Å². The molecule has 0 aliphatic rings. The maximum absolute atomic E-state index is 13.3. The molecule has 0 heterocycles. The predicted molar refractivity (Wildman–Crippen MR) is 106 cm³/mol. The summed E-state index contributed by atoms with van der Waals surface area (Å²) in [6.07, 6.45) is -2.33. The van der Waals surface area contributed by atoms with Crippen LogP contribution in [-0.2, 0) is 11.0 Å². The molecule has 0 amide bonds. The van der Waals surface area contributed by atoms with Crippen LogP contribution in [0.15, 0.2) is 29.4 Å². The molecule has 0 fully saturated rings. The van der Waals surface area contributed by atoms with Crippen LogP contribution in [0.2, 0.25) is 5.02 Å². The molecule has 4 nitrogen and oxygen atoms in total. The SMILES string of the molecule is CC(C)=NOCCCCCCCOc1c(Cl)cc(OCC=C(F)F)cc1C(F)(F)F. The number of ether oxygens (including phenoxy) is 2. The molecule has 0 aliphatic heterocycles. The summed E-state index contributed by atoms with van der Waals surface area (Å²) in [5.41, 5.74) is -0.271. The third kappa shape index (κ3) is 10.7.